The van der Waals surface area contributed by atoms with Crippen molar-refractivity contribution in [3.8, 4) is 11.3 Å². The Balaban J connectivity index is 1.73. The Hall–Kier alpha value is -2.24. The number of ether oxygens (including phenoxy) is 1. The van der Waals surface area contributed by atoms with Crippen LogP contribution < -0.4 is 10.2 Å². The third kappa shape index (κ3) is 3.37. The van der Waals surface area contributed by atoms with E-state index < -0.39 is 0 Å². The van der Waals surface area contributed by atoms with Gasteiger partial charge in [-0.25, -0.2) is 4.98 Å². The molecular weight excluding hydrogens is 348 g/mol. The number of fused-ring (bicyclic) bond motifs is 1. The highest BCUT2D eigenvalue weighted by atomic mass is 35.5. The van der Waals surface area contributed by atoms with Crippen molar-refractivity contribution in [1.29, 1.82) is 0 Å². The van der Waals surface area contributed by atoms with Crippen molar-refractivity contribution in [2.75, 3.05) is 37.5 Å². The van der Waals surface area contributed by atoms with Crippen LogP contribution in [-0.2, 0) is 4.74 Å². The molecule has 0 saturated carbocycles. The molecule has 0 radical (unpaired) electrons. The van der Waals surface area contributed by atoms with Crippen molar-refractivity contribution in [2.45, 2.75) is 18.9 Å². The average molecular weight is 371 g/mol. The molecule has 1 saturated heterocycles. The monoisotopic (exact) mass is 370 g/mol. The van der Waals surface area contributed by atoms with Crippen molar-refractivity contribution in [3.63, 3.8) is 0 Å². The summed E-state index contributed by atoms with van der Waals surface area (Å²) in [5.41, 5.74) is 4.03. The summed E-state index contributed by atoms with van der Waals surface area (Å²) in [5.74, 6) is 0.954. The van der Waals surface area contributed by atoms with Gasteiger partial charge < -0.3 is 15.0 Å². The van der Waals surface area contributed by atoms with Gasteiger partial charge in [-0.05, 0) is 37.1 Å². The summed E-state index contributed by atoms with van der Waals surface area (Å²) in [6, 6.07) is 12.2. The lowest BCUT2D eigenvalue weighted by Crippen LogP contribution is -2.19. The normalized spacial score (nSPS) is 17.0. The lowest BCUT2D eigenvalue weighted by Gasteiger charge is -2.14. The smallest absolute Gasteiger partial charge is 0.139 e. The first-order chi connectivity index (χ1) is 12.6. The highest BCUT2D eigenvalue weighted by Gasteiger charge is 2.19. The summed E-state index contributed by atoms with van der Waals surface area (Å²) in [4.78, 5) is 6.92. The van der Waals surface area contributed by atoms with Gasteiger partial charge >= 0.3 is 0 Å². The molecule has 3 heterocycles. The molecule has 1 aromatic carbocycles. The summed E-state index contributed by atoms with van der Waals surface area (Å²) in [6.07, 6.45) is 4.38. The second kappa shape index (κ2) is 7.17. The van der Waals surface area contributed by atoms with E-state index in [9.17, 15) is 0 Å². The highest BCUT2D eigenvalue weighted by molar-refractivity contribution is 6.30. The number of halogens is 1. The first kappa shape index (κ1) is 17.2. The van der Waals surface area contributed by atoms with Crippen LogP contribution in [0.1, 0.15) is 12.8 Å². The number of anilines is 2. The number of rotatable bonds is 5. The van der Waals surface area contributed by atoms with Crippen LogP contribution in [0.4, 0.5) is 11.5 Å². The number of imidazole rings is 1. The van der Waals surface area contributed by atoms with E-state index in [0.717, 1.165) is 54.4 Å². The van der Waals surface area contributed by atoms with Gasteiger partial charge in [-0.3, -0.25) is 4.40 Å². The lowest BCUT2D eigenvalue weighted by molar-refractivity contribution is 0.120. The molecule has 136 valence electrons. The Kier molecular flexibility index (Phi) is 4.74. The van der Waals surface area contributed by atoms with Crippen molar-refractivity contribution >= 4 is 28.8 Å². The highest BCUT2D eigenvalue weighted by Crippen LogP contribution is 2.31. The Morgan fingerprint density at radius 3 is 2.73 bits per heavy atom. The molecule has 0 aliphatic carbocycles. The predicted molar refractivity (Wildman–Crippen MR) is 107 cm³/mol. The van der Waals surface area contributed by atoms with E-state index in [2.05, 4.69) is 34.5 Å². The molecule has 4 rings (SSSR count). The van der Waals surface area contributed by atoms with Crippen LogP contribution >= 0.6 is 11.6 Å². The van der Waals surface area contributed by atoms with Crippen LogP contribution in [-0.4, -0.2) is 42.7 Å². The quantitative estimate of drug-likeness (QED) is 0.726. The summed E-state index contributed by atoms with van der Waals surface area (Å²) in [6.45, 7) is 1.62. The van der Waals surface area contributed by atoms with Gasteiger partial charge in [0.2, 0.25) is 0 Å². The first-order valence-corrected chi connectivity index (χ1v) is 9.30. The van der Waals surface area contributed by atoms with Crippen molar-refractivity contribution in [2.24, 2.45) is 0 Å². The number of benzene rings is 1. The molecule has 1 aliphatic heterocycles. The van der Waals surface area contributed by atoms with Crippen LogP contribution in [0.25, 0.3) is 16.9 Å². The molecule has 1 N–H and O–H groups in total. The maximum Gasteiger partial charge on any atom is 0.139 e. The maximum atomic E-state index is 6.22. The van der Waals surface area contributed by atoms with Gasteiger partial charge in [0, 0.05) is 44.7 Å². The Labute approximate surface area is 158 Å². The van der Waals surface area contributed by atoms with Crippen LogP contribution in [0.3, 0.4) is 0 Å². The van der Waals surface area contributed by atoms with Crippen LogP contribution in [0.15, 0.2) is 42.6 Å². The Morgan fingerprint density at radius 2 is 2.04 bits per heavy atom. The lowest BCUT2D eigenvalue weighted by atomic mass is 10.1. The second-order valence-corrected chi connectivity index (χ2v) is 7.28. The summed E-state index contributed by atoms with van der Waals surface area (Å²) in [7, 11) is 4.08. The van der Waals surface area contributed by atoms with E-state index in [1.165, 1.54) is 0 Å². The SMILES string of the molecule is CN(C)c1ccc(-c2nc3ccc(Cl)cn3c2NC[C@@H]2CCCO2)cc1. The largest absolute Gasteiger partial charge is 0.378 e. The minimum absolute atomic E-state index is 0.253. The molecule has 1 fully saturated rings. The summed E-state index contributed by atoms with van der Waals surface area (Å²) in [5, 5.41) is 4.23. The fraction of sp³-hybridized carbons (Fsp3) is 0.350. The van der Waals surface area contributed by atoms with Gasteiger partial charge in [0.25, 0.3) is 0 Å². The molecular formula is C20H23ClN4O. The van der Waals surface area contributed by atoms with E-state index in [1.807, 2.05) is 36.8 Å². The number of hydrogen-bond acceptors (Lipinski definition) is 4. The zero-order valence-electron chi connectivity index (χ0n) is 15.1. The molecule has 3 aromatic rings. The molecule has 0 unspecified atom stereocenters. The maximum absolute atomic E-state index is 6.22. The van der Waals surface area contributed by atoms with Gasteiger partial charge in [0.15, 0.2) is 0 Å². The summed E-state index contributed by atoms with van der Waals surface area (Å²) < 4.78 is 7.77. The molecule has 0 bridgehead atoms. The molecule has 6 heteroatoms. The molecule has 1 atom stereocenters. The fourth-order valence-electron chi connectivity index (χ4n) is 3.32. The summed E-state index contributed by atoms with van der Waals surface area (Å²) >= 11 is 6.22. The Morgan fingerprint density at radius 1 is 1.23 bits per heavy atom. The number of nitrogens with zero attached hydrogens (tertiary/aromatic N) is 3. The van der Waals surface area contributed by atoms with Crippen molar-refractivity contribution in [3.05, 3.63) is 47.6 Å². The average Bonchev–Trinajstić information content (AvgIpc) is 3.27. The Bertz CT molecular complexity index is 898. The first-order valence-electron chi connectivity index (χ1n) is 8.92. The zero-order chi connectivity index (χ0) is 18.1. The minimum Gasteiger partial charge on any atom is -0.378 e. The van der Waals surface area contributed by atoms with Crippen molar-refractivity contribution < 1.29 is 4.74 Å². The van der Waals surface area contributed by atoms with Gasteiger partial charge in [-0.2, -0.15) is 0 Å². The topological polar surface area (TPSA) is 41.8 Å². The van der Waals surface area contributed by atoms with Crippen LogP contribution in [0.5, 0.6) is 0 Å². The molecule has 2 aromatic heterocycles. The standard InChI is InChI=1S/C20H23ClN4O/c1-24(2)16-8-5-14(6-9-16)19-20(22-12-17-4-3-11-26-17)25-13-15(21)7-10-18(25)23-19/h5-10,13,17,22H,3-4,11-12H2,1-2H3/t17-/m0/s1. The zero-order valence-corrected chi connectivity index (χ0v) is 15.8. The van der Waals surface area contributed by atoms with Gasteiger partial charge in [-0.1, -0.05) is 23.7 Å². The molecule has 0 amide bonds. The third-order valence-electron chi connectivity index (χ3n) is 4.76. The van der Waals surface area contributed by atoms with Crippen molar-refractivity contribution in [1.82, 2.24) is 9.38 Å². The molecule has 5 nitrogen and oxygen atoms in total. The van der Waals surface area contributed by atoms with E-state index in [0.29, 0.717) is 5.02 Å². The van der Waals surface area contributed by atoms with E-state index in [4.69, 9.17) is 21.3 Å². The third-order valence-corrected chi connectivity index (χ3v) is 4.98. The molecule has 26 heavy (non-hydrogen) atoms. The molecule has 1 aliphatic rings. The number of pyridine rings is 1. The molecule has 0 spiro atoms. The number of hydrogen-bond donors (Lipinski definition) is 1. The number of nitrogens with one attached hydrogen (secondary N) is 1. The van der Waals surface area contributed by atoms with E-state index in [-0.39, 0.29) is 6.10 Å². The second-order valence-electron chi connectivity index (χ2n) is 6.84. The predicted octanol–water partition coefficient (Wildman–Crippen LogP) is 4.31. The van der Waals surface area contributed by atoms with Gasteiger partial charge in [0.05, 0.1) is 11.1 Å². The van der Waals surface area contributed by atoms with Crippen LogP contribution in [0, 0.1) is 0 Å². The van der Waals surface area contributed by atoms with E-state index >= 15 is 0 Å². The minimum atomic E-state index is 0.253. The fourth-order valence-corrected chi connectivity index (χ4v) is 3.48. The van der Waals surface area contributed by atoms with E-state index in [1.54, 1.807) is 0 Å². The van der Waals surface area contributed by atoms with Crippen LogP contribution in [0.2, 0.25) is 5.02 Å². The van der Waals surface area contributed by atoms with Gasteiger partial charge in [-0.15, -0.1) is 0 Å². The number of aromatic nitrogens is 2. The van der Waals surface area contributed by atoms with Gasteiger partial charge in [0.1, 0.15) is 17.2 Å².